The number of anilines is 1. The molecule has 0 aromatic heterocycles. The van der Waals surface area contributed by atoms with E-state index < -0.39 is 0 Å². The smallest absolute Gasteiger partial charge is 0.181 e. The number of rotatable bonds is 1. The minimum absolute atomic E-state index is 0.734. The average molecular weight is 216 g/mol. The molecule has 0 bridgehead atoms. The first kappa shape index (κ1) is 10.9. The molecule has 0 spiro atoms. The van der Waals surface area contributed by atoms with Crippen LogP contribution in [0.15, 0.2) is 41.0 Å². The van der Waals surface area contributed by atoms with Crippen LogP contribution in [0.25, 0.3) is 0 Å². The second-order valence-electron chi connectivity index (χ2n) is 4.51. The van der Waals surface area contributed by atoms with Gasteiger partial charge in [-0.25, -0.2) is 9.48 Å². The van der Waals surface area contributed by atoms with Gasteiger partial charge in [-0.1, -0.05) is 0 Å². The van der Waals surface area contributed by atoms with E-state index >= 15 is 0 Å². The van der Waals surface area contributed by atoms with Gasteiger partial charge < -0.3 is 5.73 Å². The molecule has 3 heteroatoms. The Morgan fingerprint density at radius 3 is 2.38 bits per heavy atom. The van der Waals surface area contributed by atoms with E-state index in [0.717, 1.165) is 22.6 Å². The first-order chi connectivity index (χ1) is 7.52. The summed E-state index contributed by atoms with van der Waals surface area (Å²) in [4.78, 5) is 4.51. The summed E-state index contributed by atoms with van der Waals surface area (Å²) in [6.07, 6.45) is 2.14. The molecule has 1 atom stereocenters. The molecule has 16 heavy (non-hydrogen) atoms. The Labute approximate surface area is 96.5 Å². The van der Waals surface area contributed by atoms with Crippen molar-refractivity contribution in [2.24, 2.45) is 4.99 Å². The van der Waals surface area contributed by atoms with Crippen LogP contribution in [0.1, 0.15) is 13.8 Å². The van der Waals surface area contributed by atoms with Crippen LogP contribution >= 0.6 is 0 Å². The second-order valence-corrected chi connectivity index (χ2v) is 4.51. The Balaban J connectivity index is 2.41. The van der Waals surface area contributed by atoms with Gasteiger partial charge in [-0.2, -0.15) is 0 Å². The maximum atomic E-state index is 5.71. The first-order valence-corrected chi connectivity index (χ1v) is 5.44. The lowest BCUT2D eigenvalue weighted by Gasteiger charge is -2.34. The molecule has 0 saturated carbocycles. The summed E-state index contributed by atoms with van der Waals surface area (Å²) in [6.45, 7) is 4.95. The van der Waals surface area contributed by atoms with E-state index in [1.54, 1.807) is 0 Å². The molecule has 0 fully saturated rings. The van der Waals surface area contributed by atoms with E-state index in [9.17, 15) is 0 Å². The number of quaternary nitrogens is 1. The van der Waals surface area contributed by atoms with Crippen molar-refractivity contribution < 1.29 is 0 Å². The van der Waals surface area contributed by atoms with E-state index in [2.05, 4.69) is 37.2 Å². The highest BCUT2D eigenvalue weighted by Crippen LogP contribution is 2.29. The van der Waals surface area contributed by atoms with E-state index in [4.69, 9.17) is 5.73 Å². The van der Waals surface area contributed by atoms with Crippen molar-refractivity contribution in [1.82, 2.24) is 4.48 Å². The van der Waals surface area contributed by atoms with Gasteiger partial charge in [0.15, 0.2) is 6.67 Å². The molecule has 1 heterocycles. The fourth-order valence-electron chi connectivity index (χ4n) is 1.94. The molecule has 1 aromatic carbocycles. The van der Waals surface area contributed by atoms with Gasteiger partial charge in [0.25, 0.3) is 0 Å². The highest BCUT2D eigenvalue weighted by molar-refractivity contribution is 5.94. The lowest BCUT2D eigenvalue weighted by Crippen LogP contribution is -2.45. The van der Waals surface area contributed by atoms with Crippen LogP contribution in [0.5, 0.6) is 0 Å². The first-order valence-electron chi connectivity index (χ1n) is 5.44. The SMILES string of the molecule is CC1=CC(C)=NC[N+]1(C)c1ccc(N)cc1. The molecule has 2 N–H and O–H groups in total. The molecule has 1 unspecified atom stereocenters. The largest absolute Gasteiger partial charge is 0.399 e. The van der Waals surface area contributed by atoms with Crippen LogP contribution in [-0.4, -0.2) is 19.4 Å². The van der Waals surface area contributed by atoms with Crippen molar-refractivity contribution in [3.63, 3.8) is 0 Å². The summed E-state index contributed by atoms with van der Waals surface area (Å²) in [5, 5.41) is 0. The van der Waals surface area contributed by atoms with Crippen LogP contribution in [0.2, 0.25) is 0 Å². The highest BCUT2D eigenvalue weighted by atomic mass is 15.4. The Morgan fingerprint density at radius 1 is 1.19 bits per heavy atom. The van der Waals surface area contributed by atoms with Gasteiger partial charge in [0, 0.05) is 36.5 Å². The second kappa shape index (κ2) is 3.76. The highest BCUT2D eigenvalue weighted by Gasteiger charge is 2.29. The average Bonchev–Trinajstić information content (AvgIpc) is 2.25. The molecule has 0 saturated heterocycles. The summed E-state index contributed by atoms with van der Waals surface area (Å²) in [5.41, 5.74) is 10.1. The molecule has 0 radical (unpaired) electrons. The standard InChI is InChI=1S/C13H18N3/c1-10-8-11(2)16(3,9-15-10)13-6-4-12(14)5-7-13/h4-8H,9,14H2,1-3H3/q+1. The maximum absolute atomic E-state index is 5.71. The molecular formula is C13H18N3+. The number of hydrogen-bond acceptors (Lipinski definition) is 2. The van der Waals surface area contributed by atoms with Gasteiger partial charge in [0.05, 0.1) is 7.05 Å². The van der Waals surface area contributed by atoms with Crippen molar-refractivity contribution in [2.75, 3.05) is 19.5 Å². The van der Waals surface area contributed by atoms with Crippen LogP contribution < -0.4 is 10.2 Å². The molecule has 1 aromatic rings. The van der Waals surface area contributed by atoms with Crippen LogP contribution in [0.4, 0.5) is 11.4 Å². The predicted octanol–water partition coefficient (Wildman–Crippen LogP) is 2.54. The fourth-order valence-corrected chi connectivity index (χ4v) is 1.94. The third-order valence-electron chi connectivity index (χ3n) is 3.26. The summed E-state index contributed by atoms with van der Waals surface area (Å²) < 4.78 is 0.734. The van der Waals surface area contributed by atoms with Crippen molar-refractivity contribution in [1.29, 1.82) is 0 Å². The molecule has 84 valence electrons. The third kappa shape index (κ3) is 1.74. The monoisotopic (exact) mass is 216 g/mol. The fraction of sp³-hybridized carbons (Fsp3) is 0.308. The number of allylic oxidation sites excluding steroid dienone is 2. The van der Waals surface area contributed by atoms with E-state index in [0.29, 0.717) is 0 Å². The van der Waals surface area contributed by atoms with E-state index in [-0.39, 0.29) is 0 Å². The van der Waals surface area contributed by atoms with E-state index in [1.165, 1.54) is 11.4 Å². The zero-order chi connectivity index (χ0) is 11.8. The Bertz CT molecular complexity index is 457. The van der Waals surface area contributed by atoms with Crippen molar-refractivity contribution >= 4 is 17.1 Å². The van der Waals surface area contributed by atoms with Gasteiger partial charge in [-0.05, 0) is 19.1 Å². The van der Waals surface area contributed by atoms with Gasteiger partial charge in [-0.15, -0.1) is 0 Å². The maximum Gasteiger partial charge on any atom is 0.181 e. The summed E-state index contributed by atoms with van der Waals surface area (Å²) in [7, 11) is 2.17. The van der Waals surface area contributed by atoms with Gasteiger partial charge >= 0.3 is 0 Å². The summed E-state index contributed by atoms with van der Waals surface area (Å²) >= 11 is 0. The molecule has 1 aliphatic rings. The topological polar surface area (TPSA) is 38.4 Å². The Kier molecular flexibility index (Phi) is 2.56. The quantitative estimate of drug-likeness (QED) is 0.568. The van der Waals surface area contributed by atoms with E-state index in [1.807, 2.05) is 19.1 Å². The van der Waals surface area contributed by atoms with Gasteiger partial charge in [-0.3, -0.25) is 0 Å². The molecule has 1 aliphatic heterocycles. The number of nitrogens with two attached hydrogens (primary N) is 1. The van der Waals surface area contributed by atoms with Crippen molar-refractivity contribution in [3.05, 3.63) is 36.0 Å². The normalized spacial score (nSPS) is 24.9. The third-order valence-corrected chi connectivity index (χ3v) is 3.26. The van der Waals surface area contributed by atoms with Crippen LogP contribution in [0, 0.1) is 0 Å². The molecule has 2 rings (SSSR count). The number of nitrogen functional groups attached to an aromatic ring is 1. The summed E-state index contributed by atoms with van der Waals surface area (Å²) in [5.74, 6) is 0. The molecule has 0 amide bonds. The zero-order valence-corrected chi connectivity index (χ0v) is 10.1. The number of nitrogens with zero attached hydrogens (tertiary/aromatic N) is 2. The molecule has 0 aliphatic carbocycles. The molecular weight excluding hydrogens is 198 g/mol. The minimum Gasteiger partial charge on any atom is -0.399 e. The summed E-state index contributed by atoms with van der Waals surface area (Å²) in [6, 6.07) is 8.03. The van der Waals surface area contributed by atoms with Crippen LogP contribution in [-0.2, 0) is 0 Å². The van der Waals surface area contributed by atoms with Crippen molar-refractivity contribution in [2.45, 2.75) is 13.8 Å². The lowest BCUT2D eigenvalue weighted by atomic mass is 10.1. The number of aliphatic imine (C=N–C) groups is 1. The predicted molar refractivity (Wildman–Crippen MR) is 70.3 cm³/mol. The minimum atomic E-state index is 0.734. The molecule has 3 nitrogen and oxygen atoms in total. The zero-order valence-electron chi connectivity index (χ0n) is 10.1. The van der Waals surface area contributed by atoms with Crippen LogP contribution in [0.3, 0.4) is 0 Å². The van der Waals surface area contributed by atoms with Gasteiger partial charge in [0.1, 0.15) is 11.4 Å². The number of benzene rings is 1. The van der Waals surface area contributed by atoms with Crippen molar-refractivity contribution in [3.8, 4) is 0 Å². The van der Waals surface area contributed by atoms with Gasteiger partial charge in [0.2, 0.25) is 0 Å². The number of hydrogen-bond donors (Lipinski definition) is 1. The Morgan fingerprint density at radius 2 is 1.81 bits per heavy atom. The Hall–Kier alpha value is -1.61. The lowest BCUT2D eigenvalue weighted by molar-refractivity contribution is 0.417.